The Kier molecular flexibility index (Phi) is 4.08. The fourth-order valence-corrected chi connectivity index (χ4v) is 5.52. The summed E-state index contributed by atoms with van der Waals surface area (Å²) in [5.41, 5.74) is 4.56. The summed E-state index contributed by atoms with van der Waals surface area (Å²) >= 11 is 1.63. The SMILES string of the molecule is O=C(Cn1cnc2sc3c(c2c1=O)CCCC3)Nc1ccc2c(c1)CCC2. The van der Waals surface area contributed by atoms with Crippen LogP contribution in [-0.2, 0) is 37.0 Å². The van der Waals surface area contributed by atoms with Gasteiger partial charge in [-0.25, -0.2) is 4.98 Å². The molecule has 3 aromatic rings. The monoisotopic (exact) mass is 379 g/mol. The van der Waals surface area contributed by atoms with Crippen molar-refractivity contribution in [3.8, 4) is 0 Å². The van der Waals surface area contributed by atoms with Crippen LogP contribution in [0.3, 0.4) is 0 Å². The molecule has 138 valence electrons. The minimum absolute atomic E-state index is 0.0104. The Hall–Kier alpha value is -2.47. The van der Waals surface area contributed by atoms with Gasteiger partial charge in [0.2, 0.25) is 5.91 Å². The predicted molar refractivity (Wildman–Crippen MR) is 108 cm³/mol. The number of nitrogens with one attached hydrogen (secondary N) is 1. The van der Waals surface area contributed by atoms with E-state index in [0.29, 0.717) is 0 Å². The third kappa shape index (κ3) is 2.98. The number of fused-ring (bicyclic) bond motifs is 4. The number of carbonyl (C=O) groups excluding carboxylic acids is 1. The maximum atomic E-state index is 13.0. The Morgan fingerprint density at radius 1 is 1.11 bits per heavy atom. The van der Waals surface area contributed by atoms with Crippen LogP contribution in [0.25, 0.3) is 10.2 Å². The quantitative estimate of drug-likeness (QED) is 0.758. The van der Waals surface area contributed by atoms with Crippen LogP contribution in [0, 0.1) is 0 Å². The van der Waals surface area contributed by atoms with Crippen molar-refractivity contribution in [1.82, 2.24) is 9.55 Å². The molecule has 2 aliphatic rings. The molecule has 0 unspecified atom stereocenters. The van der Waals surface area contributed by atoms with Crippen LogP contribution in [0.2, 0.25) is 0 Å². The van der Waals surface area contributed by atoms with Gasteiger partial charge in [-0.1, -0.05) is 6.07 Å². The van der Waals surface area contributed by atoms with Crippen LogP contribution in [0.15, 0.2) is 29.3 Å². The minimum atomic E-state index is -0.194. The van der Waals surface area contributed by atoms with E-state index < -0.39 is 0 Å². The van der Waals surface area contributed by atoms with E-state index in [1.165, 1.54) is 39.7 Å². The number of thiophene rings is 1. The normalized spacial score (nSPS) is 15.6. The lowest BCUT2D eigenvalue weighted by Gasteiger charge is -2.11. The zero-order chi connectivity index (χ0) is 18.4. The molecule has 0 bridgehead atoms. The van der Waals surface area contributed by atoms with Crippen molar-refractivity contribution in [1.29, 1.82) is 0 Å². The standard InChI is InChI=1S/C21H21N3O2S/c25-18(23-15-9-8-13-4-3-5-14(13)10-15)11-24-12-22-20-19(21(24)26)16-6-1-2-7-17(16)27-20/h8-10,12H,1-7,11H2,(H,23,25). The van der Waals surface area contributed by atoms with Crippen LogP contribution in [0.4, 0.5) is 5.69 Å². The van der Waals surface area contributed by atoms with Gasteiger partial charge in [0.25, 0.3) is 5.56 Å². The highest BCUT2D eigenvalue weighted by atomic mass is 32.1. The lowest BCUT2D eigenvalue weighted by Crippen LogP contribution is -2.28. The largest absolute Gasteiger partial charge is 0.325 e. The molecule has 1 N–H and O–H groups in total. The van der Waals surface area contributed by atoms with E-state index in [1.807, 2.05) is 6.07 Å². The number of nitrogens with zero attached hydrogens (tertiary/aromatic N) is 2. The summed E-state index contributed by atoms with van der Waals surface area (Å²) in [6.07, 6.45) is 9.15. The van der Waals surface area contributed by atoms with Gasteiger partial charge in [0.15, 0.2) is 0 Å². The molecule has 0 radical (unpaired) electrons. The van der Waals surface area contributed by atoms with Crippen molar-refractivity contribution in [2.45, 2.75) is 51.5 Å². The molecule has 2 aliphatic carbocycles. The van der Waals surface area contributed by atoms with E-state index in [2.05, 4.69) is 22.4 Å². The lowest BCUT2D eigenvalue weighted by molar-refractivity contribution is -0.116. The average Bonchev–Trinajstić information content (AvgIpc) is 3.28. The summed E-state index contributed by atoms with van der Waals surface area (Å²) in [5.74, 6) is -0.194. The first-order valence-corrected chi connectivity index (χ1v) is 10.4. The number of carbonyl (C=O) groups is 1. The molecule has 2 heterocycles. The third-order valence-corrected chi connectivity index (χ3v) is 6.84. The Morgan fingerprint density at radius 3 is 2.89 bits per heavy atom. The van der Waals surface area contributed by atoms with E-state index in [0.717, 1.165) is 53.6 Å². The fraction of sp³-hybridized carbons (Fsp3) is 0.381. The van der Waals surface area contributed by atoms with Gasteiger partial charge in [-0.2, -0.15) is 0 Å². The molecule has 5 nitrogen and oxygen atoms in total. The van der Waals surface area contributed by atoms with Crippen molar-refractivity contribution in [2.24, 2.45) is 0 Å². The maximum Gasteiger partial charge on any atom is 0.262 e. The van der Waals surface area contributed by atoms with Gasteiger partial charge in [-0.3, -0.25) is 14.2 Å². The zero-order valence-electron chi connectivity index (χ0n) is 15.1. The topological polar surface area (TPSA) is 64.0 Å². The second-order valence-electron chi connectivity index (χ2n) is 7.45. The molecule has 0 saturated heterocycles. The molecule has 0 aliphatic heterocycles. The highest BCUT2D eigenvalue weighted by Crippen LogP contribution is 2.33. The van der Waals surface area contributed by atoms with Gasteiger partial charge in [0, 0.05) is 10.6 Å². The van der Waals surface area contributed by atoms with E-state index in [4.69, 9.17) is 0 Å². The van der Waals surface area contributed by atoms with Crippen LogP contribution < -0.4 is 10.9 Å². The highest BCUT2D eigenvalue weighted by Gasteiger charge is 2.20. The first kappa shape index (κ1) is 16.7. The smallest absolute Gasteiger partial charge is 0.262 e. The minimum Gasteiger partial charge on any atom is -0.325 e. The summed E-state index contributed by atoms with van der Waals surface area (Å²) < 4.78 is 1.44. The average molecular weight is 379 g/mol. The number of benzene rings is 1. The second kappa shape index (κ2) is 6.60. The Labute approximate surface area is 161 Å². The van der Waals surface area contributed by atoms with E-state index in [9.17, 15) is 9.59 Å². The number of rotatable bonds is 3. The molecule has 0 atom stereocenters. The van der Waals surface area contributed by atoms with Gasteiger partial charge in [0.1, 0.15) is 11.4 Å². The molecule has 1 amide bonds. The predicted octanol–water partition coefficient (Wildman–Crippen LogP) is 3.46. The molecule has 27 heavy (non-hydrogen) atoms. The van der Waals surface area contributed by atoms with Crippen molar-refractivity contribution in [3.05, 3.63) is 56.4 Å². The van der Waals surface area contributed by atoms with Crippen LogP contribution in [0.1, 0.15) is 40.8 Å². The maximum absolute atomic E-state index is 13.0. The van der Waals surface area contributed by atoms with Gasteiger partial charge in [0.05, 0.1) is 11.7 Å². The Morgan fingerprint density at radius 2 is 1.96 bits per heavy atom. The first-order chi connectivity index (χ1) is 13.2. The van der Waals surface area contributed by atoms with Crippen molar-refractivity contribution in [2.75, 3.05) is 5.32 Å². The highest BCUT2D eigenvalue weighted by molar-refractivity contribution is 7.18. The Bertz CT molecular complexity index is 1110. The summed E-state index contributed by atoms with van der Waals surface area (Å²) in [6.45, 7) is -0.0104. The molecule has 2 aromatic heterocycles. The van der Waals surface area contributed by atoms with Crippen molar-refractivity contribution < 1.29 is 4.79 Å². The molecular formula is C21H21N3O2S. The number of aryl methyl sites for hydroxylation is 4. The van der Waals surface area contributed by atoms with Crippen LogP contribution in [-0.4, -0.2) is 15.5 Å². The molecule has 0 saturated carbocycles. The number of amides is 1. The zero-order valence-corrected chi connectivity index (χ0v) is 15.9. The number of anilines is 1. The summed E-state index contributed by atoms with van der Waals surface area (Å²) in [5, 5.41) is 3.65. The van der Waals surface area contributed by atoms with Gasteiger partial charge < -0.3 is 5.32 Å². The van der Waals surface area contributed by atoms with E-state index in [1.54, 1.807) is 11.3 Å². The molecule has 0 spiro atoms. The number of aromatic nitrogens is 2. The molecule has 1 aromatic carbocycles. The van der Waals surface area contributed by atoms with Gasteiger partial charge in [-0.15, -0.1) is 11.3 Å². The second-order valence-corrected chi connectivity index (χ2v) is 8.54. The van der Waals surface area contributed by atoms with Gasteiger partial charge in [-0.05, 0) is 73.8 Å². The van der Waals surface area contributed by atoms with Crippen molar-refractivity contribution >= 4 is 33.1 Å². The molecule has 5 rings (SSSR count). The summed E-state index contributed by atoms with van der Waals surface area (Å²) in [4.78, 5) is 32.0. The third-order valence-electron chi connectivity index (χ3n) is 5.64. The number of hydrogen-bond acceptors (Lipinski definition) is 4. The first-order valence-electron chi connectivity index (χ1n) is 9.60. The van der Waals surface area contributed by atoms with Crippen LogP contribution >= 0.6 is 11.3 Å². The molecule has 0 fully saturated rings. The van der Waals surface area contributed by atoms with E-state index in [-0.39, 0.29) is 18.0 Å². The van der Waals surface area contributed by atoms with Crippen molar-refractivity contribution in [3.63, 3.8) is 0 Å². The molecular weight excluding hydrogens is 358 g/mol. The van der Waals surface area contributed by atoms with E-state index >= 15 is 0 Å². The van der Waals surface area contributed by atoms with Crippen LogP contribution in [0.5, 0.6) is 0 Å². The summed E-state index contributed by atoms with van der Waals surface area (Å²) in [7, 11) is 0. The fourth-order valence-electron chi connectivity index (χ4n) is 4.30. The molecule has 6 heteroatoms. The number of hydrogen-bond donors (Lipinski definition) is 1. The summed E-state index contributed by atoms with van der Waals surface area (Å²) in [6, 6.07) is 6.09. The van der Waals surface area contributed by atoms with Gasteiger partial charge >= 0.3 is 0 Å². The lowest BCUT2D eigenvalue weighted by atomic mass is 9.97. The Balaban J connectivity index is 1.40.